The van der Waals surface area contributed by atoms with Crippen molar-refractivity contribution in [1.29, 1.82) is 0 Å². The molecule has 1 aromatic carbocycles. The molecule has 5 nitrogen and oxygen atoms in total. The summed E-state index contributed by atoms with van der Waals surface area (Å²) in [4.78, 5) is 0.0340. The SMILES string of the molecule is NS(=O)(=O)c1ccccc1C1=COCCO1. The molecule has 1 aliphatic rings. The summed E-state index contributed by atoms with van der Waals surface area (Å²) >= 11 is 0. The molecule has 0 atom stereocenters. The van der Waals surface area contributed by atoms with Crippen LogP contribution in [-0.2, 0) is 19.5 Å². The second-order valence-corrected chi connectivity index (χ2v) is 4.77. The predicted octanol–water partition coefficient (Wildman–Crippen LogP) is 0.679. The Kier molecular flexibility index (Phi) is 2.84. The highest BCUT2D eigenvalue weighted by Crippen LogP contribution is 2.24. The van der Waals surface area contributed by atoms with Crippen molar-refractivity contribution in [2.45, 2.75) is 4.90 Å². The average Bonchev–Trinajstić information content (AvgIpc) is 2.29. The van der Waals surface area contributed by atoms with Crippen molar-refractivity contribution in [2.24, 2.45) is 5.14 Å². The Hall–Kier alpha value is -1.53. The molecule has 0 radical (unpaired) electrons. The standard InChI is InChI=1S/C10H11NO4S/c11-16(12,13)10-4-2-1-3-8(10)9-7-14-5-6-15-9/h1-4,7H,5-6H2,(H2,11,12,13). The summed E-state index contributed by atoms with van der Waals surface area (Å²) in [6.07, 6.45) is 1.40. The average molecular weight is 241 g/mol. The summed E-state index contributed by atoms with van der Waals surface area (Å²) in [5.74, 6) is 0.385. The number of benzene rings is 1. The highest BCUT2D eigenvalue weighted by molar-refractivity contribution is 7.89. The normalized spacial score (nSPS) is 15.9. The van der Waals surface area contributed by atoms with E-state index < -0.39 is 10.0 Å². The minimum Gasteiger partial charge on any atom is -0.494 e. The Balaban J connectivity index is 2.52. The Morgan fingerprint density at radius 2 is 1.94 bits per heavy atom. The highest BCUT2D eigenvalue weighted by atomic mass is 32.2. The number of rotatable bonds is 2. The lowest BCUT2D eigenvalue weighted by atomic mass is 10.2. The molecule has 1 aromatic rings. The first-order chi connectivity index (χ1) is 7.59. The molecule has 6 heteroatoms. The number of primary sulfonamides is 1. The Labute approximate surface area is 93.5 Å². The van der Waals surface area contributed by atoms with Gasteiger partial charge in [0.25, 0.3) is 0 Å². The smallest absolute Gasteiger partial charge is 0.238 e. The second kappa shape index (κ2) is 4.15. The Morgan fingerprint density at radius 1 is 1.19 bits per heavy atom. The fourth-order valence-corrected chi connectivity index (χ4v) is 2.17. The monoisotopic (exact) mass is 241 g/mol. The molecule has 0 saturated carbocycles. The lowest BCUT2D eigenvalue weighted by Crippen LogP contribution is -2.16. The van der Waals surface area contributed by atoms with Gasteiger partial charge in [-0.05, 0) is 12.1 Å². The number of sulfonamides is 1. The molecular weight excluding hydrogens is 230 g/mol. The van der Waals surface area contributed by atoms with Crippen LogP contribution in [0.1, 0.15) is 5.56 Å². The van der Waals surface area contributed by atoms with Crippen LogP contribution in [0.25, 0.3) is 5.76 Å². The fraction of sp³-hybridized carbons (Fsp3) is 0.200. The van der Waals surface area contributed by atoms with Crippen LogP contribution in [0.3, 0.4) is 0 Å². The van der Waals surface area contributed by atoms with Gasteiger partial charge in [-0.2, -0.15) is 0 Å². The van der Waals surface area contributed by atoms with Crippen LogP contribution in [0.2, 0.25) is 0 Å². The molecule has 0 amide bonds. The maximum absolute atomic E-state index is 11.4. The van der Waals surface area contributed by atoms with Crippen molar-refractivity contribution in [1.82, 2.24) is 0 Å². The predicted molar refractivity (Wildman–Crippen MR) is 57.7 cm³/mol. The molecule has 16 heavy (non-hydrogen) atoms. The molecule has 0 aromatic heterocycles. The first-order valence-corrected chi connectivity index (χ1v) is 6.20. The maximum atomic E-state index is 11.4. The van der Waals surface area contributed by atoms with Crippen LogP contribution in [0, 0.1) is 0 Å². The molecule has 0 unspecified atom stereocenters. The molecule has 86 valence electrons. The van der Waals surface area contributed by atoms with Gasteiger partial charge in [-0.25, -0.2) is 13.6 Å². The minimum atomic E-state index is -3.76. The van der Waals surface area contributed by atoms with E-state index in [9.17, 15) is 8.42 Å². The van der Waals surface area contributed by atoms with Crippen molar-refractivity contribution in [3.8, 4) is 0 Å². The van der Waals surface area contributed by atoms with Crippen molar-refractivity contribution >= 4 is 15.8 Å². The van der Waals surface area contributed by atoms with Gasteiger partial charge in [-0.3, -0.25) is 0 Å². The summed E-state index contributed by atoms with van der Waals surface area (Å²) in [6, 6.07) is 6.38. The van der Waals surface area contributed by atoms with Gasteiger partial charge in [0.05, 0.1) is 4.90 Å². The van der Waals surface area contributed by atoms with Gasteiger partial charge >= 0.3 is 0 Å². The van der Waals surface area contributed by atoms with E-state index in [1.54, 1.807) is 18.2 Å². The van der Waals surface area contributed by atoms with Crippen LogP contribution in [0.15, 0.2) is 35.4 Å². The van der Waals surface area contributed by atoms with Gasteiger partial charge in [0.15, 0.2) is 5.76 Å². The quantitative estimate of drug-likeness (QED) is 0.825. The van der Waals surface area contributed by atoms with E-state index in [-0.39, 0.29) is 4.90 Å². The zero-order valence-electron chi connectivity index (χ0n) is 8.42. The number of ether oxygens (including phenoxy) is 2. The van der Waals surface area contributed by atoms with Crippen LogP contribution >= 0.6 is 0 Å². The molecule has 0 saturated heterocycles. The van der Waals surface area contributed by atoms with Crippen LogP contribution in [0.4, 0.5) is 0 Å². The third kappa shape index (κ3) is 2.17. The Morgan fingerprint density at radius 3 is 2.56 bits per heavy atom. The summed E-state index contributed by atoms with van der Waals surface area (Å²) in [7, 11) is -3.76. The maximum Gasteiger partial charge on any atom is 0.238 e. The van der Waals surface area contributed by atoms with Gasteiger partial charge in [-0.15, -0.1) is 0 Å². The summed E-state index contributed by atoms with van der Waals surface area (Å²) in [5, 5.41) is 5.11. The lowest BCUT2D eigenvalue weighted by molar-refractivity contribution is 0.125. The Bertz CT molecular complexity index is 521. The van der Waals surface area contributed by atoms with Crippen LogP contribution in [-0.4, -0.2) is 21.6 Å². The van der Waals surface area contributed by atoms with Crippen molar-refractivity contribution in [3.63, 3.8) is 0 Å². The number of hydrogen-bond acceptors (Lipinski definition) is 4. The minimum absolute atomic E-state index is 0.0340. The van der Waals surface area contributed by atoms with E-state index in [1.165, 1.54) is 12.3 Å². The third-order valence-electron chi connectivity index (χ3n) is 2.11. The van der Waals surface area contributed by atoms with E-state index >= 15 is 0 Å². The molecular formula is C10H11NO4S. The molecule has 1 aliphatic heterocycles. The number of hydrogen-bond donors (Lipinski definition) is 1. The van der Waals surface area contributed by atoms with Gasteiger partial charge in [0.2, 0.25) is 10.0 Å². The number of nitrogens with two attached hydrogens (primary N) is 1. The van der Waals surface area contributed by atoms with E-state index in [0.717, 1.165) is 0 Å². The molecule has 0 aliphatic carbocycles. The van der Waals surface area contributed by atoms with Crippen LogP contribution in [0.5, 0.6) is 0 Å². The fourth-order valence-electron chi connectivity index (χ4n) is 1.43. The van der Waals surface area contributed by atoms with Crippen molar-refractivity contribution in [3.05, 3.63) is 36.1 Å². The first-order valence-electron chi connectivity index (χ1n) is 4.66. The topological polar surface area (TPSA) is 78.6 Å². The van der Waals surface area contributed by atoms with E-state index in [1.807, 2.05) is 0 Å². The first kappa shape index (κ1) is 11.0. The molecule has 0 spiro atoms. The zero-order chi connectivity index (χ0) is 11.6. The summed E-state index contributed by atoms with van der Waals surface area (Å²) in [6.45, 7) is 0.853. The lowest BCUT2D eigenvalue weighted by Gasteiger charge is -2.17. The van der Waals surface area contributed by atoms with E-state index in [0.29, 0.717) is 24.5 Å². The molecule has 0 fully saturated rings. The highest BCUT2D eigenvalue weighted by Gasteiger charge is 2.18. The van der Waals surface area contributed by atoms with E-state index in [2.05, 4.69) is 0 Å². The summed E-state index contributed by atoms with van der Waals surface area (Å²) < 4.78 is 33.1. The van der Waals surface area contributed by atoms with E-state index in [4.69, 9.17) is 14.6 Å². The molecule has 0 bridgehead atoms. The summed E-state index contributed by atoms with van der Waals surface area (Å²) in [5.41, 5.74) is 0.421. The largest absolute Gasteiger partial charge is 0.494 e. The van der Waals surface area contributed by atoms with Gasteiger partial charge in [0.1, 0.15) is 19.5 Å². The molecule has 2 N–H and O–H groups in total. The van der Waals surface area contributed by atoms with Gasteiger partial charge < -0.3 is 9.47 Å². The van der Waals surface area contributed by atoms with Crippen LogP contribution < -0.4 is 5.14 Å². The van der Waals surface area contributed by atoms with Crippen molar-refractivity contribution < 1.29 is 17.9 Å². The van der Waals surface area contributed by atoms with Gasteiger partial charge in [0, 0.05) is 5.56 Å². The molecule has 2 rings (SSSR count). The van der Waals surface area contributed by atoms with Gasteiger partial charge in [-0.1, -0.05) is 12.1 Å². The molecule has 1 heterocycles. The second-order valence-electron chi connectivity index (χ2n) is 3.24. The zero-order valence-corrected chi connectivity index (χ0v) is 9.24. The third-order valence-corrected chi connectivity index (χ3v) is 3.08. The van der Waals surface area contributed by atoms with Crippen molar-refractivity contribution in [2.75, 3.05) is 13.2 Å².